The number of carbonyl (C=O) groups excluding carboxylic acids is 1. The molecular formula is C22H26N4O. The van der Waals surface area contributed by atoms with Crippen molar-refractivity contribution in [3.05, 3.63) is 53.7 Å². The fraction of sp³-hybridized carbons (Fsp3) is 0.455. The molecule has 1 N–H and O–H groups in total. The topological polar surface area (TPSA) is 53.9 Å². The first kappa shape index (κ1) is 16.6. The molecule has 1 aliphatic heterocycles. The van der Waals surface area contributed by atoms with Gasteiger partial charge in [-0.15, -0.1) is 0 Å². The minimum atomic E-state index is 0.163. The Morgan fingerprint density at radius 3 is 2.78 bits per heavy atom. The Hall–Kier alpha value is -2.56. The molecule has 0 atom stereocenters. The van der Waals surface area contributed by atoms with E-state index in [4.69, 9.17) is 0 Å². The Labute approximate surface area is 159 Å². The van der Waals surface area contributed by atoms with Crippen LogP contribution in [0.25, 0.3) is 10.9 Å². The van der Waals surface area contributed by atoms with Gasteiger partial charge in [0.25, 0.3) is 5.91 Å². The van der Waals surface area contributed by atoms with Gasteiger partial charge in [-0.05, 0) is 56.7 Å². The van der Waals surface area contributed by atoms with Crippen LogP contribution in [0.3, 0.4) is 0 Å². The molecule has 1 saturated heterocycles. The van der Waals surface area contributed by atoms with Gasteiger partial charge in [-0.1, -0.05) is 6.07 Å². The van der Waals surface area contributed by atoms with Crippen LogP contribution in [0.15, 0.2) is 36.7 Å². The molecule has 2 aliphatic rings. The van der Waals surface area contributed by atoms with Crippen LogP contribution < -0.4 is 0 Å². The molecule has 140 valence electrons. The van der Waals surface area contributed by atoms with E-state index in [1.807, 2.05) is 41.6 Å². The number of aromatic nitrogens is 3. The lowest BCUT2D eigenvalue weighted by Crippen LogP contribution is -2.39. The third-order valence-corrected chi connectivity index (χ3v) is 6.20. The number of piperidine rings is 1. The van der Waals surface area contributed by atoms with Gasteiger partial charge < -0.3 is 14.5 Å². The van der Waals surface area contributed by atoms with Gasteiger partial charge in [-0.3, -0.25) is 4.79 Å². The van der Waals surface area contributed by atoms with Crippen molar-refractivity contribution >= 4 is 16.8 Å². The van der Waals surface area contributed by atoms with Crippen LogP contribution in [-0.2, 0) is 6.54 Å². The molecule has 2 aromatic heterocycles. The Bertz CT molecular complexity index is 973. The van der Waals surface area contributed by atoms with Crippen molar-refractivity contribution in [2.75, 3.05) is 13.1 Å². The number of rotatable bonds is 4. The number of amides is 1. The maximum absolute atomic E-state index is 13.0. The summed E-state index contributed by atoms with van der Waals surface area (Å²) in [5.74, 6) is 2.76. The molecule has 0 spiro atoms. The molecule has 0 bridgehead atoms. The Balaban J connectivity index is 1.26. The van der Waals surface area contributed by atoms with Gasteiger partial charge in [0, 0.05) is 60.1 Å². The highest BCUT2D eigenvalue weighted by Crippen LogP contribution is 2.40. The summed E-state index contributed by atoms with van der Waals surface area (Å²) in [5, 5.41) is 1.02. The van der Waals surface area contributed by atoms with Crippen LogP contribution >= 0.6 is 0 Å². The third kappa shape index (κ3) is 3.05. The number of imidazole rings is 1. The van der Waals surface area contributed by atoms with Crippen molar-refractivity contribution < 1.29 is 4.79 Å². The highest BCUT2D eigenvalue weighted by molar-refractivity contribution is 6.06. The van der Waals surface area contributed by atoms with E-state index in [2.05, 4.69) is 21.5 Å². The molecule has 2 fully saturated rings. The van der Waals surface area contributed by atoms with E-state index in [0.29, 0.717) is 11.8 Å². The maximum atomic E-state index is 13.0. The van der Waals surface area contributed by atoms with Gasteiger partial charge in [0.2, 0.25) is 0 Å². The first-order valence-corrected chi connectivity index (χ1v) is 10.1. The zero-order valence-corrected chi connectivity index (χ0v) is 15.8. The minimum absolute atomic E-state index is 0.163. The lowest BCUT2D eigenvalue weighted by Gasteiger charge is -2.33. The second-order valence-electron chi connectivity index (χ2n) is 8.12. The Kier molecular flexibility index (Phi) is 4.03. The number of H-pyrrole nitrogens is 1. The lowest BCUT2D eigenvalue weighted by atomic mass is 9.95. The molecule has 0 radical (unpaired) electrons. The number of benzene rings is 1. The summed E-state index contributed by atoms with van der Waals surface area (Å²) in [7, 11) is 0. The second-order valence-corrected chi connectivity index (χ2v) is 8.12. The number of nitrogens with zero attached hydrogens (tertiary/aromatic N) is 3. The van der Waals surface area contributed by atoms with Crippen LogP contribution in [-0.4, -0.2) is 38.4 Å². The molecule has 3 aromatic rings. The number of fused-ring (bicyclic) bond motifs is 1. The zero-order valence-electron chi connectivity index (χ0n) is 15.8. The van der Waals surface area contributed by atoms with Crippen molar-refractivity contribution in [3.63, 3.8) is 0 Å². The van der Waals surface area contributed by atoms with Crippen LogP contribution in [0.2, 0.25) is 0 Å². The quantitative estimate of drug-likeness (QED) is 0.760. The monoisotopic (exact) mass is 362 g/mol. The second kappa shape index (κ2) is 6.55. The smallest absolute Gasteiger partial charge is 0.254 e. The molecule has 5 rings (SSSR count). The van der Waals surface area contributed by atoms with Gasteiger partial charge in [0.15, 0.2) is 0 Å². The van der Waals surface area contributed by atoms with E-state index in [1.165, 1.54) is 24.4 Å². The van der Waals surface area contributed by atoms with Gasteiger partial charge in [-0.25, -0.2) is 4.98 Å². The summed E-state index contributed by atoms with van der Waals surface area (Å²) < 4.78 is 2.43. The lowest BCUT2D eigenvalue weighted by molar-refractivity contribution is 0.0684. The van der Waals surface area contributed by atoms with E-state index in [9.17, 15) is 4.79 Å². The van der Waals surface area contributed by atoms with Gasteiger partial charge >= 0.3 is 0 Å². The molecule has 5 heteroatoms. The Morgan fingerprint density at radius 2 is 2.00 bits per heavy atom. The summed E-state index contributed by atoms with van der Waals surface area (Å²) in [6.45, 7) is 4.90. The largest absolute Gasteiger partial charge is 0.361 e. The molecule has 27 heavy (non-hydrogen) atoms. The fourth-order valence-electron chi connectivity index (χ4n) is 4.40. The van der Waals surface area contributed by atoms with Crippen LogP contribution in [0.4, 0.5) is 0 Å². The minimum Gasteiger partial charge on any atom is -0.361 e. The van der Waals surface area contributed by atoms with E-state index in [1.54, 1.807) is 0 Å². The first-order valence-electron chi connectivity index (χ1n) is 10.1. The molecular weight excluding hydrogens is 336 g/mol. The predicted octanol–water partition coefficient (Wildman–Crippen LogP) is 4.10. The van der Waals surface area contributed by atoms with Crippen molar-refractivity contribution in [3.8, 4) is 0 Å². The number of hydrogen-bond acceptors (Lipinski definition) is 2. The highest BCUT2D eigenvalue weighted by atomic mass is 16.2. The Morgan fingerprint density at radius 1 is 1.19 bits per heavy atom. The number of likely N-dealkylation sites (tertiary alicyclic amines) is 1. The highest BCUT2D eigenvalue weighted by Gasteiger charge is 2.30. The van der Waals surface area contributed by atoms with Crippen molar-refractivity contribution in [2.45, 2.75) is 45.1 Å². The van der Waals surface area contributed by atoms with Gasteiger partial charge in [-0.2, -0.15) is 0 Å². The summed E-state index contributed by atoms with van der Waals surface area (Å²) in [4.78, 5) is 22.9. The molecule has 0 unspecified atom stereocenters. The molecule has 1 saturated carbocycles. The van der Waals surface area contributed by atoms with E-state index < -0.39 is 0 Å². The summed E-state index contributed by atoms with van der Waals surface area (Å²) in [5.41, 5.74) is 3.11. The number of hydrogen-bond donors (Lipinski definition) is 1. The van der Waals surface area contributed by atoms with Crippen molar-refractivity contribution in [1.82, 2.24) is 19.4 Å². The SMILES string of the molecule is Cc1cnc(C2CC2)n1CC1CCN(C(=O)c2cccc3[nH]ccc23)CC1. The third-order valence-electron chi connectivity index (χ3n) is 6.20. The van der Waals surface area contributed by atoms with E-state index in [0.717, 1.165) is 48.9 Å². The van der Waals surface area contributed by atoms with Gasteiger partial charge in [0.05, 0.1) is 0 Å². The van der Waals surface area contributed by atoms with Crippen molar-refractivity contribution in [2.24, 2.45) is 5.92 Å². The van der Waals surface area contributed by atoms with Crippen molar-refractivity contribution in [1.29, 1.82) is 0 Å². The number of aryl methyl sites for hydroxylation is 1. The molecule has 5 nitrogen and oxygen atoms in total. The summed E-state index contributed by atoms with van der Waals surface area (Å²) >= 11 is 0. The van der Waals surface area contributed by atoms with Crippen LogP contribution in [0.1, 0.15) is 53.5 Å². The normalized spacial score (nSPS) is 18.3. The standard InChI is InChI=1S/C22H26N4O/c1-15-13-24-21(17-5-6-17)26(15)14-16-8-11-25(12-9-16)22(27)19-3-2-4-20-18(19)7-10-23-20/h2-4,7,10,13,16-17,23H,5-6,8-9,11-12,14H2,1H3. The summed E-state index contributed by atoms with van der Waals surface area (Å²) in [6, 6.07) is 7.92. The van der Waals surface area contributed by atoms with Crippen LogP contribution in [0, 0.1) is 12.8 Å². The molecule has 1 aromatic carbocycles. The van der Waals surface area contributed by atoms with Crippen LogP contribution in [0.5, 0.6) is 0 Å². The van der Waals surface area contributed by atoms with Gasteiger partial charge in [0.1, 0.15) is 5.82 Å². The average Bonchev–Trinajstić information content (AvgIpc) is 3.31. The summed E-state index contributed by atoms with van der Waals surface area (Å²) in [6.07, 6.45) is 8.62. The zero-order chi connectivity index (χ0) is 18.4. The molecule has 3 heterocycles. The number of aromatic amines is 1. The molecule has 1 aliphatic carbocycles. The first-order chi connectivity index (χ1) is 13.2. The predicted molar refractivity (Wildman–Crippen MR) is 106 cm³/mol. The number of carbonyl (C=O) groups is 1. The number of nitrogens with one attached hydrogen (secondary N) is 1. The molecule has 1 amide bonds. The van der Waals surface area contributed by atoms with E-state index >= 15 is 0 Å². The average molecular weight is 362 g/mol. The maximum Gasteiger partial charge on any atom is 0.254 e. The fourth-order valence-corrected chi connectivity index (χ4v) is 4.40. The van der Waals surface area contributed by atoms with E-state index in [-0.39, 0.29) is 5.91 Å².